The topological polar surface area (TPSA) is 72.5 Å². The lowest BCUT2D eigenvalue weighted by molar-refractivity contribution is 0.690. The lowest BCUT2D eigenvalue weighted by Crippen LogP contribution is -2.14. The highest BCUT2D eigenvalue weighted by Crippen LogP contribution is 2.06. The van der Waals surface area contributed by atoms with E-state index in [2.05, 4.69) is 22.4 Å². The van der Waals surface area contributed by atoms with Gasteiger partial charge in [-0.2, -0.15) is 10.5 Å². The van der Waals surface area contributed by atoms with Crippen molar-refractivity contribution in [2.75, 3.05) is 0 Å². The van der Waals surface area contributed by atoms with Crippen LogP contribution in [0.25, 0.3) is 0 Å². The summed E-state index contributed by atoms with van der Waals surface area (Å²) >= 11 is 0. The third kappa shape index (κ3) is 3.38. The second-order valence-corrected chi connectivity index (χ2v) is 4.04. The maximum Gasteiger partial charge on any atom is 0.144 e. The summed E-state index contributed by atoms with van der Waals surface area (Å²) in [7, 11) is 0. The molecule has 0 aliphatic rings. The van der Waals surface area contributed by atoms with Crippen LogP contribution in [0, 0.1) is 22.7 Å². The lowest BCUT2D eigenvalue weighted by Gasteiger charge is -2.06. The normalized spacial score (nSPS) is 9.58. The van der Waals surface area contributed by atoms with Gasteiger partial charge in [-0.1, -0.05) is 18.2 Å². The Morgan fingerprint density at radius 3 is 2.74 bits per heavy atom. The lowest BCUT2D eigenvalue weighted by atomic mass is 10.1. The SMILES string of the molecule is N#Cc1cccc(CNCc2cccnc2C#N)c1. The smallest absolute Gasteiger partial charge is 0.144 e. The molecule has 0 spiro atoms. The molecule has 0 radical (unpaired) electrons. The highest BCUT2D eigenvalue weighted by Gasteiger charge is 2.01. The van der Waals surface area contributed by atoms with Gasteiger partial charge in [0.2, 0.25) is 0 Å². The standard InChI is InChI=1S/C15H12N4/c16-8-12-3-1-4-13(7-12)10-18-11-14-5-2-6-19-15(14)9-17/h1-7,18H,10-11H2. The second kappa shape index (κ2) is 6.30. The summed E-state index contributed by atoms with van der Waals surface area (Å²) in [5.41, 5.74) is 3.02. The number of hydrogen-bond donors (Lipinski definition) is 1. The molecule has 1 heterocycles. The summed E-state index contributed by atoms with van der Waals surface area (Å²) in [6, 6.07) is 15.3. The van der Waals surface area contributed by atoms with E-state index in [-0.39, 0.29) is 0 Å². The second-order valence-electron chi connectivity index (χ2n) is 4.04. The minimum absolute atomic E-state index is 0.445. The number of hydrogen-bond acceptors (Lipinski definition) is 4. The summed E-state index contributed by atoms with van der Waals surface area (Å²) in [4.78, 5) is 4.01. The van der Waals surface area contributed by atoms with Gasteiger partial charge in [0.15, 0.2) is 0 Å². The Morgan fingerprint density at radius 1 is 1.05 bits per heavy atom. The van der Waals surface area contributed by atoms with Crippen LogP contribution in [-0.4, -0.2) is 4.98 Å². The highest BCUT2D eigenvalue weighted by atomic mass is 14.9. The van der Waals surface area contributed by atoms with Gasteiger partial charge in [0.05, 0.1) is 11.6 Å². The molecule has 0 fully saturated rings. The Kier molecular flexibility index (Phi) is 4.23. The molecule has 2 aromatic rings. The number of pyridine rings is 1. The van der Waals surface area contributed by atoms with Crippen molar-refractivity contribution in [2.24, 2.45) is 0 Å². The zero-order chi connectivity index (χ0) is 13.5. The van der Waals surface area contributed by atoms with Crippen LogP contribution in [0.2, 0.25) is 0 Å². The van der Waals surface area contributed by atoms with E-state index in [1.165, 1.54) is 0 Å². The van der Waals surface area contributed by atoms with Crippen molar-refractivity contribution in [1.82, 2.24) is 10.3 Å². The Balaban J connectivity index is 1.97. The molecular formula is C15H12N4. The highest BCUT2D eigenvalue weighted by molar-refractivity contribution is 5.33. The molecule has 0 unspecified atom stereocenters. The third-order valence-electron chi connectivity index (χ3n) is 2.70. The predicted molar refractivity (Wildman–Crippen MR) is 70.7 cm³/mol. The van der Waals surface area contributed by atoms with Gasteiger partial charge in [0.1, 0.15) is 11.8 Å². The number of rotatable bonds is 4. The number of nitrogens with zero attached hydrogens (tertiary/aromatic N) is 3. The molecule has 0 bridgehead atoms. The van der Waals surface area contributed by atoms with E-state index in [1.54, 1.807) is 12.3 Å². The number of nitriles is 2. The first-order valence-electron chi connectivity index (χ1n) is 5.87. The van der Waals surface area contributed by atoms with Gasteiger partial charge >= 0.3 is 0 Å². The maximum atomic E-state index is 8.93. The van der Waals surface area contributed by atoms with E-state index < -0.39 is 0 Å². The van der Waals surface area contributed by atoms with Crippen molar-refractivity contribution in [3.8, 4) is 12.1 Å². The maximum absolute atomic E-state index is 8.93. The van der Waals surface area contributed by atoms with Crippen LogP contribution in [0.5, 0.6) is 0 Å². The molecule has 1 N–H and O–H groups in total. The Bertz CT molecular complexity index is 650. The summed E-state index contributed by atoms with van der Waals surface area (Å²) < 4.78 is 0. The van der Waals surface area contributed by atoms with Crippen LogP contribution in [0.4, 0.5) is 0 Å². The zero-order valence-electron chi connectivity index (χ0n) is 10.3. The molecule has 0 saturated heterocycles. The molecular weight excluding hydrogens is 236 g/mol. The van der Waals surface area contributed by atoms with E-state index in [0.717, 1.165) is 11.1 Å². The molecule has 0 atom stereocenters. The van der Waals surface area contributed by atoms with E-state index in [1.807, 2.05) is 30.3 Å². The minimum Gasteiger partial charge on any atom is -0.309 e. The van der Waals surface area contributed by atoms with Gasteiger partial charge in [0, 0.05) is 24.8 Å². The molecule has 0 aliphatic heterocycles. The van der Waals surface area contributed by atoms with Crippen molar-refractivity contribution in [2.45, 2.75) is 13.1 Å². The molecule has 1 aromatic heterocycles. The summed E-state index contributed by atoms with van der Waals surface area (Å²) in [6.45, 7) is 1.22. The van der Waals surface area contributed by atoms with Crippen LogP contribution >= 0.6 is 0 Å². The van der Waals surface area contributed by atoms with Gasteiger partial charge in [0.25, 0.3) is 0 Å². The minimum atomic E-state index is 0.445. The van der Waals surface area contributed by atoms with Crippen molar-refractivity contribution < 1.29 is 0 Å². The molecule has 19 heavy (non-hydrogen) atoms. The Labute approximate surface area is 112 Å². The number of benzene rings is 1. The fourth-order valence-electron chi connectivity index (χ4n) is 1.77. The average molecular weight is 248 g/mol. The van der Waals surface area contributed by atoms with Crippen molar-refractivity contribution in [3.63, 3.8) is 0 Å². The molecule has 0 amide bonds. The summed E-state index contributed by atoms with van der Waals surface area (Å²) in [6.07, 6.45) is 1.61. The molecule has 2 rings (SSSR count). The van der Waals surface area contributed by atoms with Gasteiger partial charge in [-0.25, -0.2) is 4.98 Å². The summed E-state index contributed by atoms with van der Waals surface area (Å²) in [5, 5.41) is 21.0. The van der Waals surface area contributed by atoms with Crippen molar-refractivity contribution >= 4 is 0 Å². The average Bonchev–Trinajstić information content (AvgIpc) is 2.48. The molecule has 4 nitrogen and oxygen atoms in total. The van der Waals surface area contributed by atoms with E-state index in [9.17, 15) is 0 Å². The van der Waals surface area contributed by atoms with Crippen LogP contribution in [-0.2, 0) is 13.1 Å². The van der Waals surface area contributed by atoms with Crippen molar-refractivity contribution in [3.05, 3.63) is 65.0 Å². The number of nitrogens with one attached hydrogen (secondary N) is 1. The van der Waals surface area contributed by atoms with Crippen molar-refractivity contribution in [1.29, 1.82) is 10.5 Å². The van der Waals surface area contributed by atoms with E-state index in [0.29, 0.717) is 24.3 Å². The first-order valence-corrected chi connectivity index (χ1v) is 5.87. The summed E-state index contributed by atoms with van der Waals surface area (Å²) in [5.74, 6) is 0. The van der Waals surface area contributed by atoms with Crippen LogP contribution in [0.1, 0.15) is 22.4 Å². The Hall–Kier alpha value is -2.69. The molecule has 92 valence electrons. The van der Waals surface area contributed by atoms with E-state index >= 15 is 0 Å². The van der Waals surface area contributed by atoms with Gasteiger partial charge in [-0.3, -0.25) is 0 Å². The first-order chi connectivity index (χ1) is 9.33. The quantitative estimate of drug-likeness (QED) is 0.899. The zero-order valence-corrected chi connectivity index (χ0v) is 10.3. The predicted octanol–water partition coefficient (Wildman–Crippen LogP) is 2.11. The molecule has 0 saturated carbocycles. The Morgan fingerprint density at radius 2 is 1.95 bits per heavy atom. The molecule has 1 aromatic carbocycles. The van der Waals surface area contributed by atoms with Gasteiger partial charge < -0.3 is 5.32 Å². The van der Waals surface area contributed by atoms with Crippen LogP contribution in [0.15, 0.2) is 42.6 Å². The van der Waals surface area contributed by atoms with E-state index in [4.69, 9.17) is 10.5 Å². The fraction of sp³-hybridized carbons (Fsp3) is 0.133. The largest absolute Gasteiger partial charge is 0.309 e. The number of aromatic nitrogens is 1. The van der Waals surface area contributed by atoms with Gasteiger partial charge in [-0.05, 0) is 23.8 Å². The first kappa shape index (κ1) is 12.8. The monoisotopic (exact) mass is 248 g/mol. The molecule has 0 aliphatic carbocycles. The fourth-order valence-corrected chi connectivity index (χ4v) is 1.77. The van der Waals surface area contributed by atoms with Crippen LogP contribution in [0.3, 0.4) is 0 Å². The van der Waals surface area contributed by atoms with Gasteiger partial charge in [-0.15, -0.1) is 0 Å². The molecule has 4 heteroatoms. The third-order valence-corrected chi connectivity index (χ3v) is 2.70. The van der Waals surface area contributed by atoms with Crippen LogP contribution < -0.4 is 5.32 Å².